The van der Waals surface area contributed by atoms with Gasteiger partial charge in [-0.25, -0.2) is 13.4 Å². The van der Waals surface area contributed by atoms with Crippen LogP contribution in [0.25, 0.3) is 0 Å². The number of hydrogen-bond donors (Lipinski definition) is 2. The van der Waals surface area contributed by atoms with Gasteiger partial charge in [-0.3, -0.25) is 4.72 Å². The third-order valence-electron chi connectivity index (χ3n) is 2.87. The van der Waals surface area contributed by atoms with Crippen LogP contribution in [-0.2, 0) is 10.0 Å². The number of aromatic nitrogens is 1. The predicted octanol–water partition coefficient (Wildman–Crippen LogP) is 2.93. The summed E-state index contributed by atoms with van der Waals surface area (Å²) in [6, 6.07) is 8.60. The van der Waals surface area contributed by atoms with Crippen LogP contribution >= 0.6 is 0 Å². The summed E-state index contributed by atoms with van der Waals surface area (Å²) in [6.07, 6.45) is 1.48. The van der Waals surface area contributed by atoms with E-state index in [0.29, 0.717) is 18.1 Å². The number of sulfonamides is 1. The molecule has 0 saturated heterocycles. The van der Waals surface area contributed by atoms with E-state index in [1.807, 2.05) is 26.8 Å². The lowest BCUT2D eigenvalue weighted by Crippen LogP contribution is -2.14. The summed E-state index contributed by atoms with van der Waals surface area (Å²) in [5.41, 5.74) is 2.58. The van der Waals surface area contributed by atoms with E-state index in [0.717, 1.165) is 11.1 Å². The van der Waals surface area contributed by atoms with Crippen LogP contribution in [0.2, 0.25) is 0 Å². The third kappa shape index (κ3) is 3.95. The van der Waals surface area contributed by atoms with Crippen molar-refractivity contribution in [1.29, 1.82) is 0 Å². The van der Waals surface area contributed by atoms with Crippen LogP contribution in [0.1, 0.15) is 18.1 Å². The molecule has 1 aromatic carbocycles. The highest BCUT2D eigenvalue weighted by Crippen LogP contribution is 2.20. The van der Waals surface area contributed by atoms with E-state index in [9.17, 15) is 8.42 Å². The molecule has 2 aromatic rings. The Morgan fingerprint density at radius 2 is 1.76 bits per heavy atom. The van der Waals surface area contributed by atoms with E-state index in [4.69, 9.17) is 0 Å². The van der Waals surface area contributed by atoms with Crippen LogP contribution in [0.15, 0.2) is 41.4 Å². The molecule has 0 bridgehead atoms. The van der Waals surface area contributed by atoms with Crippen molar-refractivity contribution >= 4 is 21.5 Å². The summed E-state index contributed by atoms with van der Waals surface area (Å²) in [5, 5.41) is 3.00. The summed E-state index contributed by atoms with van der Waals surface area (Å²) in [6.45, 7) is 6.47. The minimum absolute atomic E-state index is 0.188. The molecule has 112 valence electrons. The molecule has 21 heavy (non-hydrogen) atoms. The molecule has 6 heteroatoms. The Bertz CT molecular complexity index is 722. The van der Waals surface area contributed by atoms with Gasteiger partial charge in [0, 0.05) is 24.5 Å². The van der Waals surface area contributed by atoms with E-state index in [-0.39, 0.29) is 4.90 Å². The molecule has 0 aliphatic carbocycles. The zero-order chi connectivity index (χ0) is 15.5. The Hall–Kier alpha value is -2.08. The van der Waals surface area contributed by atoms with E-state index < -0.39 is 10.0 Å². The van der Waals surface area contributed by atoms with Gasteiger partial charge in [-0.2, -0.15) is 0 Å². The fraction of sp³-hybridized carbons (Fsp3) is 0.267. The van der Waals surface area contributed by atoms with E-state index in [1.54, 1.807) is 12.1 Å². The second-order valence-corrected chi connectivity index (χ2v) is 6.57. The molecule has 0 aliphatic heterocycles. The number of anilines is 2. The Morgan fingerprint density at radius 1 is 1.10 bits per heavy atom. The summed E-state index contributed by atoms with van der Waals surface area (Å²) in [4.78, 5) is 4.26. The van der Waals surface area contributed by atoms with Crippen LogP contribution in [0.5, 0.6) is 0 Å². The van der Waals surface area contributed by atoms with Crippen molar-refractivity contribution in [3.63, 3.8) is 0 Å². The molecule has 2 N–H and O–H groups in total. The van der Waals surface area contributed by atoms with Crippen molar-refractivity contribution in [2.24, 2.45) is 0 Å². The number of nitrogens with zero attached hydrogens (tertiary/aromatic N) is 1. The molecule has 0 amide bonds. The standard InChI is InChI=1S/C15H19N3O2S/c1-4-16-15-10-14(5-6-17-15)21(19,20)18-13-8-11(2)7-12(3)9-13/h5-10,18H,4H2,1-3H3,(H,16,17). The smallest absolute Gasteiger partial charge is 0.262 e. The van der Waals surface area contributed by atoms with Crippen LogP contribution in [0.3, 0.4) is 0 Å². The second-order valence-electron chi connectivity index (χ2n) is 4.89. The molecule has 1 heterocycles. The molecule has 0 aliphatic rings. The Morgan fingerprint density at radius 3 is 2.38 bits per heavy atom. The SMILES string of the molecule is CCNc1cc(S(=O)(=O)Nc2cc(C)cc(C)c2)ccn1. The highest BCUT2D eigenvalue weighted by molar-refractivity contribution is 7.92. The van der Waals surface area contributed by atoms with Gasteiger partial charge in [0.15, 0.2) is 0 Å². The first kappa shape index (κ1) is 15.3. The molecule has 1 aromatic heterocycles. The average molecular weight is 305 g/mol. The van der Waals surface area contributed by atoms with E-state index in [1.165, 1.54) is 18.3 Å². The zero-order valence-corrected chi connectivity index (χ0v) is 13.2. The molecule has 0 fully saturated rings. The maximum Gasteiger partial charge on any atom is 0.262 e. The van der Waals surface area contributed by atoms with Gasteiger partial charge in [0.05, 0.1) is 4.90 Å². The first-order valence-corrected chi connectivity index (χ1v) is 8.20. The molecular weight excluding hydrogens is 286 g/mol. The van der Waals surface area contributed by atoms with Gasteiger partial charge in [-0.15, -0.1) is 0 Å². The largest absolute Gasteiger partial charge is 0.370 e. The van der Waals surface area contributed by atoms with Gasteiger partial charge in [-0.05, 0) is 50.1 Å². The molecule has 2 rings (SSSR count). The quantitative estimate of drug-likeness (QED) is 0.891. The molecular formula is C15H19N3O2S. The summed E-state index contributed by atoms with van der Waals surface area (Å²) >= 11 is 0. The van der Waals surface area contributed by atoms with E-state index in [2.05, 4.69) is 15.0 Å². The number of pyridine rings is 1. The second kappa shape index (κ2) is 6.13. The predicted molar refractivity (Wildman–Crippen MR) is 85.1 cm³/mol. The Labute approximate surface area is 125 Å². The average Bonchev–Trinajstić information content (AvgIpc) is 2.37. The number of hydrogen-bond acceptors (Lipinski definition) is 4. The molecule has 0 unspecified atom stereocenters. The highest BCUT2D eigenvalue weighted by Gasteiger charge is 2.15. The minimum Gasteiger partial charge on any atom is -0.370 e. The fourth-order valence-corrected chi connectivity index (χ4v) is 3.16. The van der Waals surface area contributed by atoms with Gasteiger partial charge in [0.1, 0.15) is 5.82 Å². The van der Waals surface area contributed by atoms with Gasteiger partial charge >= 0.3 is 0 Å². The summed E-state index contributed by atoms with van der Waals surface area (Å²) in [5.74, 6) is 0.542. The summed E-state index contributed by atoms with van der Waals surface area (Å²) in [7, 11) is -3.62. The molecule has 0 atom stereocenters. The molecule has 0 radical (unpaired) electrons. The number of benzene rings is 1. The maximum atomic E-state index is 12.4. The molecule has 0 spiro atoms. The van der Waals surface area contributed by atoms with Crippen LogP contribution in [0, 0.1) is 13.8 Å². The molecule has 5 nitrogen and oxygen atoms in total. The normalized spacial score (nSPS) is 11.2. The van der Waals surface area contributed by atoms with Crippen molar-refractivity contribution in [3.8, 4) is 0 Å². The van der Waals surface area contributed by atoms with Gasteiger partial charge < -0.3 is 5.32 Å². The van der Waals surface area contributed by atoms with Crippen molar-refractivity contribution in [1.82, 2.24) is 4.98 Å². The highest BCUT2D eigenvalue weighted by atomic mass is 32.2. The number of rotatable bonds is 5. The van der Waals surface area contributed by atoms with Crippen molar-refractivity contribution in [3.05, 3.63) is 47.7 Å². The first-order chi connectivity index (χ1) is 9.90. The lowest BCUT2D eigenvalue weighted by atomic mass is 10.1. The van der Waals surface area contributed by atoms with Crippen molar-refractivity contribution < 1.29 is 8.42 Å². The summed E-state index contributed by atoms with van der Waals surface area (Å²) < 4.78 is 27.4. The first-order valence-electron chi connectivity index (χ1n) is 6.72. The maximum absolute atomic E-state index is 12.4. The van der Waals surface area contributed by atoms with E-state index >= 15 is 0 Å². The number of nitrogens with one attached hydrogen (secondary N) is 2. The lowest BCUT2D eigenvalue weighted by molar-refractivity contribution is 0.601. The minimum atomic E-state index is -3.62. The lowest BCUT2D eigenvalue weighted by Gasteiger charge is -2.11. The third-order valence-corrected chi connectivity index (χ3v) is 4.25. The number of aryl methyl sites for hydroxylation is 2. The van der Waals surface area contributed by atoms with Crippen molar-refractivity contribution in [2.75, 3.05) is 16.6 Å². The van der Waals surface area contributed by atoms with Gasteiger partial charge in [0.25, 0.3) is 10.0 Å². The van der Waals surface area contributed by atoms with Crippen LogP contribution in [0.4, 0.5) is 11.5 Å². The fourth-order valence-electron chi connectivity index (χ4n) is 2.10. The Kier molecular flexibility index (Phi) is 4.47. The Balaban J connectivity index is 2.31. The van der Waals surface area contributed by atoms with Gasteiger partial charge in [-0.1, -0.05) is 6.07 Å². The topological polar surface area (TPSA) is 71.1 Å². The van der Waals surface area contributed by atoms with Gasteiger partial charge in [0.2, 0.25) is 0 Å². The van der Waals surface area contributed by atoms with Crippen LogP contribution < -0.4 is 10.0 Å². The van der Waals surface area contributed by atoms with Crippen LogP contribution in [-0.4, -0.2) is 19.9 Å². The monoisotopic (exact) mass is 305 g/mol. The zero-order valence-electron chi connectivity index (χ0n) is 12.3. The molecule has 0 saturated carbocycles. The van der Waals surface area contributed by atoms with Crippen molar-refractivity contribution in [2.45, 2.75) is 25.7 Å².